The number of rotatable bonds is 8. The third-order valence-electron chi connectivity index (χ3n) is 11.3. The third-order valence-corrected chi connectivity index (χ3v) is 15.9. The van der Waals surface area contributed by atoms with Gasteiger partial charge < -0.3 is 13.9 Å². The van der Waals surface area contributed by atoms with Gasteiger partial charge in [0.1, 0.15) is 0 Å². The fourth-order valence-electron chi connectivity index (χ4n) is 7.94. The molecular formula is C34H58O3Si. The molecule has 0 radical (unpaired) electrons. The van der Waals surface area contributed by atoms with Gasteiger partial charge in [-0.3, -0.25) is 0 Å². The molecule has 0 unspecified atom stereocenters. The van der Waals surface area contributed by atoms with E-state index >= 15 is 0 Å². The Morgan fingerprint density at radius 2 is 1.79 bits per heavy atom. The predicted molar refractivity (Wildman–Crippen MR) is 163 cm³/mol. The zero-order valence-electron chi connectivity index (χ0n) is 26.1. The van der Waals surface area contributed by atoms with Gasteiger partial charge in [0, 0.05) is 12.5 Å². The number of fused-ring (bicyclic) bond motifs is 1. The summed E-state index contributed by atoms with van der Waals surface area (Å²) in [5, 5.41) is 0.256. The molecule has 0 amide bonds. The Hall–Kier alpha value is -0.683. The molecule has 4 heteroatoms. The van der Waals surface area contributed by atoms with E-state index in [9.17, 15) is 0 Å². The van der Waals surface area contributed by atoms with Gasteiger partial charge in [-0.05, 0) is 112 Å². The van der Waals surface area contributed by atoms with Crippen molar-refractivity contribution in [1.29, 1.82) is 0 Å². The molecule has 0 aromatic carbocycles. The van der Waals surface area contributed by atoms with Crippen LogP contribution in [0.4, 0.5) is 0 Å². The van der Waals surface area contributed by atoms with Crippen LogP contribution in [0.15, 0.2) is 35.5 Å². The lowest BCUT2D eigenvalue weighted by molar-refractivity contribution is -0.148. The van der Waals surface area contributed by atoms with E-state index in [0.29, 0.717) is 11.5 Å². The lowest BCUT2D eigenvalue weighted by atomic mass is 9.60. The Bertz CT molecular complexity index is 903. The molecule has 3 nitrogen and oxygen atoms in total. The van der Waals surface area contributed by atoms with Crippen molar-refractivity contribution in [3.05, 3.63) is 35.5 Å². The zero-order chi connectivity index (χ0) is 27.8. The molecule has 4 aliphatic rings. The molecule has 38 heavy (non-hydrogen) atoms. The number of allylic oxidation sites excluding steroid dienone is 4. The highest BCUT2D eigenvalue weighted by Gasteiger charge is 2.50. The van der Waals surface area contributed by atoms with E-state index in [1.807, 2.05) is 0 Å². The molecule has 0 aromatic heterocycles. The molecule has 1 aliphatic heterocycles. The highest BCUT2D eigenvalue weighted by Crippen LogP contribution is 2.60. The van der Waals surface area contributed by atoms with Gasteiger partial charge in [0.2, 0.25) is 0 Å². The van der Waals surface area contributed by atoms with Crippen molar-refractivity contribution in [3.8, 4) is 0 Å². The van der Waals surface area contributed by atoms with E-state index in [-0.39, 0.29) is 10.8 Å². The Morgan fingerprint density at radius 1 is 1.08 bits per heavy atom. The van der Waals surface area contributed by atoms with Gasteiger partial charge in [0.25, 0.3) is 0 Å². The number of hydrogen-bond acceptors (Lipinski definition) is 3. The molecule has 0 N–H and O–H groups in total. The molecular weight excluding hydrogens is 484 g/mol. The molecule has 1 saturated heterocycles. The molecule has 3 saturated carbocycles. The standard InChI is InChI=1S/C34H58O3Si/c1-25-14-17-29(37-38(8,9)32(3,4)5)24-28(25)16-15-27-13-11-20-33(6)30(18-19-31(27)33)26(2)12-10-21-34(7)35-22-23-36-34/h15-16,26,29-31H,1,10-14,17-24H2,2-9H3/b27-15+,28-16-/t26-,29+,30-,31+,33-/m1/s1. The van der Waals surface area contributed by atoms with E-state index in [0.717, 1.165) is 56.7 Å². The van der Waals surface area contributed by atoms with Crippen LogP contribution >= 0.6 is 0 Å². The summed E-state index contributed by atoms with van der Waals surface area (Å²) in [7, 11) is -1.75. The summed E-state index contributed by atoms with van der Waals surface area (Å²) in [5.74, 6) is 2.00. The third kappa shape index (κ3) is 6.61. The minimum atomic E-state index is -1.75. The van der Waals surface area contributed by atoms with Gasteiger partial charge in [-0.1, -0.05) is 70.9 Å². The Kier molecular flexibility index (Phi) is 9.29. The van der Waals surface area contributed by atoms with Gasteiger partial charge in [-0.15, -0.1) is 0 Å². The summed E-state index contributed by atoms with van der Waals surface area (Å²) in [6.45, 7) is 25.0. The highest BCUT2D eigenvalue weighted by molar-refractivity contribution is 6.74. The zero-order valence-corrected chi connectivity index (χ0v) is 27.1. The Balaban J connectivity index is 1.39. The van der Waals surface area contributed by atoms with Crippen molar-refractivity contribution in [2.45, 2.75) is 142 Å². The molecule has 0 bridgehead atoms. The molecule has 0 aromatic rings. The monoisotopic (exact) mass is 542 g/mol. The fourth-order valence-corrected chi connectivity index (χ4v) is 9.32. The molecule has 5 atom stereocenters. The van der Waals surface area contributed by atoms with E-state index in [1.54, 1.807) is 5.57 Å². The first-order valence-corrected chi connectivity index (χ1v) is 18.7. The quantitative estimate of drug-likeness (QED) is 0.286. The van der Waals surface area contributed by atoms with E-state index in [2.05, 4.69) is 73.4 Å². The summed E-state index contributed by atoms with van der Waals surface area (Å²) in [6, 6.07) is 0. The van der Waals surface area contributed by atoms with Crippen LogP contribution in [-0.4, -0.2) is 33.4 Å². The average molecular weight is 543 g/mol. The SMILES string of the molecule is C=C1CC[C@H](O[Si](C)(C)C(C)(C)C)C/C1=C/C=C1\CCC[C@]2(C)[C@@H]([C@H](C)CCCC3(C)OCCO3)CC[C@@H]12. The van der Waals surface area contributed by atoms with Crippen LogP contribution in [0.2, 0.25) is 18.1 Å². The molecule has 3 aliphatic carbocycles. The second kappa shape index (κ2) is 11.7. The summed E-state index contributed by atoms with van der Waals surface area (Å²) < 4.78 is 18.5. The Morgan fingerprint density at radius 3 is 2.47 bits per heavy atom. The van der Waals surface area contributed by atoms with E-state index in [4.69, 9.17) is 13.9 Å². The van der Waals surface area contributed by atoms with Crippen LogP contribution in [0.1, 0.15) is 112 Å². The summed E-state index contributed by atoms with van der Waals surface area (Å²) in [6.07, 6.45) is 18.8. The second-order valence-electron chi connectivity index (χ2n) is 15.1. The lowest BCUT2D eigenvalue weighted by Crippen LogP contribution is -2.44. The maximum Gasteiger partial charge on any atom is 0.192 e. The Labute approximate surface area is 236 Å². The highest BCUT2D eigenvalue weighted by atomic mass is 28.4. The van der Waals surface area contributed by atoms with Crippen LogP contribution in [0.25, 0.3) is 0 Å². The van der Waals surface area contributed by atoms with Crippen molar-refractivity contribution in [2.75, 3.05) is 13.2 Å². The van der Waals surface area contributed by atoms with Gasteiger partial charge in [0.15, 0.2) is 14.1 Å². The van der Waals surface area contributed by atoms with Gasteiger partial charge >= 0.3 is 0 Å². The van der Waals surface area contributed by atoms with Crippen molar-refractivity contribution in [3.63, 3.8) is 0 Å². The van der Waals surface area contributed by atoms with Crippen LogP contribution in [-0.2, 0) is 13.9 Å². The minimum absolute atomic E-state index is 0.256. The first-order valence-electron chi connectivity index (χ1n) is 15.8. The van der Waals surface area contributed by atoms with E-state index in [1.165, 1.54) is 56.1 Å². The van der Waals surface area contributed by atoms with Crippen molar-refractivity contribution in [1.82, 2.24) is 0 Å². The van der Waals surface area contributed by atoms with Crippen molar-refractivity contribution >= 4 is 8.32 Å². The average Bonchev–Trinajstić information content (AvgIpc) is 3.41. The van der Waals surface area contributed by atoms with Crippen LogP contribution in [0.3, 0.4) is 0 Å². The minimum Gasteiger partial charge on any atom is -0.414 e. The normalized spacial score (nSPS) is 35.2. The largest absolute Gasteiger partial charge is 0.414 e. The maximum atomic E-state index is 6.83. The molecule has 4 rings (SSSR count). The van der Waals surface area contributed by atoms with Gasteiger partial charge in [-0.25, -0.2) is 0 Å². The first-order chi connectivity index (χ1) is 17.7. The molecule has 4 fully saturated rings. The maximum absolute atomic E-state index is 6.83. The number of ether oxygens (including phenoxy) is 2. The van der Waals surface area contributed by atoms with Crippen molar-refractivity contribution < 1.29 is 13.9 Å². The lowest BCUT2D eigenvalue weighted by Gasteiger charge is -2.44. The number of hydrogen-bond donors (Lipinski definition) is 0. The van der Waals surface area contributed by atoms with Crippen LogP contribution in [0, 0.1) is 23.2 Å². The van der Waals surface area contributed by atoms with Crippen LogP contribution < -0.4 is 0 Å². The smallest absolute Gasteiger partial charge is 0.192 e. The summed E-state index contributed by atoms with van der Waals surface area (Å²) in [4.78, 5) is 0. The predicted octanol–water partition coefficient (Wildman–Crippen LogP) is 9.76. The fraction of sp³-hybridized carbons (Fsp3) is 0.824. The molecule has 1 heterocycles. The topological polar surface area (TPSA) is 27.7 Å². The summed E-state index contributed by atoms with van der Waals surface area (Å²) in [5.41, 5.74) is 4.93. The van der Waals surface area contributed by atoms with Gasteiger partial charge in [-0.2, -0.15) is 0 Å². The van der Waals surface area contributed by atoms with E-state index < -0.39 is 8.32 Å². The molecule has 216 valence electrons. The van der Waals surface area contributed by atoms with Crippen molar-refractivity contribution in [2.24, 2.45) is 23.2 Å². The molecule has 0 spiro atoms. The second-order valence-corrected chi connectivity index (χ2v) is 19.8. The first kappa shape index (κ1) is 30.3. The van der Waals surface area contributed by atoms with Crippen LogP contribution in [0.5, 0.6) is 0 Å². The summed E-state index contributed by atoms with van der Waals surface area (Å²) >= 11 is 0. The van der Waals surface area contributed by atoms with Gasteiger partial charge in [0.05, 0.1) is 13.2 Å².